The van der Waals surface area contributed by atoms with Gasteiger partial charge < -0.3 is 4.90 Å². The smallest absolute Gasteiger partial charge is 0.254 e. The minimum absolute atomic E-state index is 0.0970. The van der Waals surface area contributed by atoms with Crippen molar-refractivity contribution in [3.63, 3.8) is 0 Å². The molecule has 8 heteroatoms. The lowest BCUT2D eigenvalue weighted by atomic mass is 10.1. The number of carbonyl (C=O) groups excluding carboxylic acids is 1. The van der Waals surface area contributed by atoms with E-state index in [9.17, 15) is 13.2 Å². The van der Waals surface area contributed by atoms with Crippen molar-refractivity contribution in [2.75, 3.05) is 19.3 Å². The number of carbonyl (C=O) groups is 1. The third kappa shape index (κ3) is 4.66. The van der Waals surface area contributed by atoms with Gasteiger partial charge in [-0.2, -0.15) is 0 Å². The minimum Gasteiger partial charge on any atom is -0.339 e. The number of amides is 1. The number of nitrogens with zero attached hydrogens (tertiary/aromatic N) is 2. The number of hydrogen-bond donors (Lipinski definition) is 1. The quantitative estimate of drug-likeness (QED) is 0.844. The number of likely N-dealkylation sites (tertiary alicyclic amines) is 1. The Labute approximate surface area is 129 Å². The average Bonchev–Trinajstić information content (AvgIpc) is 2.35. The molecule has 1 amide bonds. The Morgan fingerprint density at radius 2 is 2.00 bits per heavy atom. The summed E-state index contributed by atoms with van der Waals surface area (Å²) in [6.07, 6.45) is 2.36. The van der Waals surface area contributed by atoms with E-state index in [2.05, 4.69) is 9.71 Å². The van der Waals surface area contributed by atoms with Gasteiger partial charge in [0.2, 0.25) is 10.0 Å². The summed E-state index contributed by atoms with van der Waals surface area (Å²) in [4.78, 5) is 18.1. The van der Waals surface area contributed by atoms with Gasteiger partial charge in [-0.25, -0.2) is 18.1 Å². The zero-order valence-corrected chi connectivity index (χ0v) is 13.5. The Hall–Kier alpha value is -1.18. The highest BCUT2D eigenvalue weighted by Gasteiger charge is 2.25. The number of hydrogen-bond acceptors (Lipinski definition) is 4. The van der Waals surface area contributed by atoms with E-state index >= 15 is 0 Å². The maximum Gasteiger partial charge on any atom is 0.254 e. The molecule has 1 saturated heterocycles. The first-order valence-electron chi connectivity index (χ1n) is 6.65. The molecule has 1 aromatic heterocycles. The van der Waals surface area contributed by atoms with Gasteiger partial charge in [-0.05, 0) is 31.9 Å². The highest BCUT2D eigenvalue weighted by molar-refractivity contribution is 7.88. The van der Waals surface area contributed by atoms with Gasteiger partial charge in [0.05, 0.1) is 6.26 Å². The van der Waals surface area contributed by atoms with Gasteiger partial charge >= 0.3 is 0 Å². The summed E-state index contributed by atoms with van der Waals surface area (Å²) in [5.41, 5.74) is 1.21. The summed E-state index contributed by atoms with van der Waals surface area (Å²) >= 11 is 5.87. The highest BCUT2D eigenvalue weighted by Crippen LogP contribution is 2.17. The van der Waals surface area contributed by atoms with Crippen LogP contribution in [0.3, 0.4) is 0 Å². The van der Waals surface area contributed by atoms with Crippen molar-refractivity contribution in [3.05, 3.63) is 28.5 Å². The summed E-state index contributed by atoms with van der Waals surface area (Å²) in [6, 6.07) is 3.15. The molecule has 1 aromatic rings. The molecule has 21 heavy (non-hydrogen) atoms. The molecule has 0 radical (unpaired) electrons. The van der Waals surface area contributed by atoms with Crippen LogP contribution in [0.5, 0.6) is 0 Å². The molecular weight excluding hydrogens is 314 g/mol. The first kappa shape index (κ1) is 16.2. The van der Waals surface area contributed by atoms with Gasteiger partial charge in [0, 0.05) is 30.4 Å². The van der Waals surface area contributed by atoms with E-state index in [1.165, 1.54) is 0 Å². The summed E-state index contributed by atoms with van der Waals surface area (Å²) < 4.78 is 25.0. The van der Waals surface area contributed by atoms with Gasteiger partial charge in [-0.1, -0.05) is 11.6 Å². The van der Waals surface area contributed by atoms with Crippen LogP contribution in [0, 0.1) is 6.92 Å². The third-order valence-corrected chi connectivity index (χ3v) is 4.29. The van der Waals surface area contributed by atoms with E-state index in [4.69, 9.17) is 11.6 Å². The second-order valence-electron chi connectivity index (χ2n) is 5.28. The molecule has 0 atom stereocenters. The van der Waals surface area contributed by atoms with Crippen LogP contribution in [0.2, 0.25) is 5.15 Å². The molecule has 116 valence electrons. The van der Waals surface area contributed by atoms with Crippen LogP contribution in [0.1, 0.15) is 28.9 Å². The lowest BCUT2D eigenvalue weighted by Crippen LogP contribution is -2.46. The minimum atomic E-state index is -3.20. The predicted molar refractivity (Wildman–Crippen MR) is 80.9 cm³/mol. The maximum absolute atomic E-state index is 12.4. The molecule has 1 aliphatic rings. The normalized spacial score (nSPS) is 17.0. The fourth-order valence-electron chi connectivity index (χ4n) is 2.44. The number of piperidine rings is 1. The van der Waals surface area contributed by atoms with Crippen molar-refractivity contribution in [2.24, 2.45) is 0 Å². The zero-order chi connectivity index (χ0) is 15.6. The molecule has 0 spiro atoms. The number of rotatable bonds is 3. The SMILES string of the molecule is Cc1cc(C(=O)N2CCC(NS(C)(=O)=O)CC2)cc(Cl)n1. The molecule has 2 rings (SSSR count). The van der Waals surface area contributed by atoms with Crippen molar-refractivity contribution in [2.45, 2.75) is 25.8 Å². The van der Waals surface area contributed by atoms with Gasteiger partial charge in [0.1, 0.15) is 5.15 Å². The van der Waals surface area contributed by atoms with E-state index in [-0.39, 0.29) is 11.9 Å². The number of aromatic nitrogens is 1. The molecule has 0 unspecified atom stereocenters. The van der Waals surface area contributed by atoms with E-state index in [0.29, 0.717) is 42.3 Å². The Kier molecular flexibility index (Phi) is 4.85. The monoisotopic (exact) mass is 331 g/mol. The summed E-state index contributed by atoms with van der Waals surface area (Å²) in [5.74, 6) is -0.0970. The maximum atomic E-state index is 12.4. The van der Waals surface area contributed by atoms with Gasteiger partial charge in [-0.15, -0.1) is 0 Å². The summed E-state index contributed by atoms with van der Waals surface area (Å²) in [7, 11) is -3.20. The number of pyridine rings is 1. The molecule has 0 bridgehead atoms. The average molecular weight is 332 g/mol. The van der Waals surface area contributed by atoms with Crippen LogP contribution in [0.25, 0.3) is 0 Å². The highest BCUT2D eigenvalue weighted by atomic mass is 35.5. The van der Waals surface area contributed by atoms with E-state index in [1.807, 2.05) is 0 Å². The molecule has 2 heterocycles. The molecule has 0 saturated carbocycles. The number of aryl methyl sites for hydroxylation is 1. The number of halogens is 1. The van der Waals surface area contributed by atoms with Crippen LogP contribution in [-0.4, -0.2) is 49.6 Å². The van der Waals surface area contributed by atoms with Gasteiger partial charge in [0.25, 0.3) is 5.91 Å². The van der Waals surface area contributed by atoms with Crippen LogP contribution in [-0.2, 0) is 10.0 Å². The van der Waals surface area contributed by atoms with E-state index in [1.54, 1.807) is 24.0 Å². The Morgan fingerprint density at radius 1 is 1.38 bits per heavy atom. The fourth-order valence-corrected chi connectivity index (χ4v) is 3.53. The second-order valence-corrected chi connectivity index (χ2v) is 7.44. The largest absolute Gasteiger partial charge is 0.339 e. The molecule has 1 fully saturated rings. The van der Waals surface area contributed by atoms with Crippen LogP contribution < -0.4 is 4.72 Å². The van der Waals surface area contributed by atoms with Crippen LogP contribution in [0.4, 0.5) is 0 Å². The number of sulfonamides is 1. The van der Waals surface area contributed by atoms with Crippen molar-refractivity contribution in [1.82, 2.24) is 14.6 Å². The van der Waals surface area contributed by atoms with Crippen molar-refractivity contribution in [3.8, 4) is 0 Å². The zero-order valence-electron chi connectivity index (χ0n) is 12.0. The Balaban J connectivity index is 2.00. The predicted octanol–water partition coefficient (Wildman–Crippen LogP) is 1.20. The van der Waals surface area contributed by atoms with E-state index in [0.717, 1.165) is 6.26 Å². The first-order chi connectivity index (χ1) is 9.74. The second kappa shape index (κ2) is 6.29. The topological polar surface area (TPSA) is 79.4 Å². The fraction of sp³-hybridized carbons (Fsp3) is 0.538. The molecule has 0 aromatic carbocycles. The molecule has 1 N–H and O–H groups in total. The summed E-state index contributed by atoms with van der Waals surface area (Å²) in [5, 5.41) is 0.298. The van der Waals surface area contributed by atoms with Crippen LogP contribution >= 0.6 is 11.6 Å². The van der Waals surface area contributed by atoms with Gasteiger partial charge in [0.15, 0.2) is 0 Å². The third-order valence-electron chi connectivity index (χ3n) is 3.33. The van der Waals surface area contributed by atoms with Crippen LogP contribution in [0.15, 0.2) is 12.1 Å². The lowest BCUT2D eigenvalue weighted by molar-refractivity contribution is 0.0711. The van der Waals surface area contributed by atoms with Crippen molar-refractivity contribution in [1.29, 1.82) is 0 Å². The summed E-state index contributed by atoms with van der Waals surface area (Å²) in [6.45, 7) is 2.82. The standard InChI is InChI=1S/C13H18ClN3O3S/c1-9-7-10(8-12(14)15-9)13(18)17-5-3-11(4-6-17)16-21(2,19)20/h7-8,11,16H,3-6H2,1-2H3. The van der Waals surface area contributed by atoms with Crippen molar-refractivity contribution < 1.29 is 13.2 Å². The Morgan fingerprint density at radius 3 is 2.52 bits per heavy atom. The lowest BCUT2D eigenvalue weighted by Gasteiger charge is -2.32. The molecular formula is C13H18ClN3O3S. The molecule has 1 aliphatic heterocycles. The van der Waals surface area contributed by atoms with Gasteiger partial charge in [-0.3, -0.25) is 4.79 Å². The number of nitrogens with one attached hydrogen (secondary N) is 1. The van der Waals surface area contributed by atoms with E-state index < -0.39 is 10.0 Å². The molecule has 0 aliphatic carbocycles. The Bertz CT molecular complexity index is 620. The molecule has 6 nitrogen and oxygen atoms in total. The first-order valence-corrected chi connectivity index (χ1v) is 8.92. The van der Waals surface area contributed by atoms with Crippen molar-refractivity contribution >= 4 is 27.5 Å².